The average molecular weight is 298 g/mol. The summed E-state index contributed by atoms with van der Waals surface area (Å²) in [5.74, 6) is 1.27. The van der Waals surface area contributed by atoms with Crippen molar-refractivity contribution in [2.45, 2.75) is 64.9 Å². The minimum absolute atomic E-state index is 0.355. The van der Waals surface area contributed by atoms with E-state index in [1.165, 1.54) is 43.0 Å². The maximum Gasteiger partial charge on any atom is 0.156 e. The lowest BCUT2D eigenvalue weighted by molar-refractivity contribution is 0.0762. The third-order valence-corrected chi connectivity index (χ3v) is 5.59. The van der Waals surface area contributed by atoms with Crippen molar-refractivity contribution in [1.29, 1.82) is 0 Å². The molecular formula is C16H30N2OS. The first-order chi connectivity index (χ1) is 9.70. The normalized spacial score (nSPS) is 22.1. The zero-order valence-electron chi connectivity index (χ0n) is 13.1. The fourth-order valence-electron chi connectivity index (χ4n) is 3.00. The summed E-state index contributed by atoms with van der Waals surface area (Å²) in [5, 5.41) is 4.66. The third kappa shape index (κ3) is 5.28. The largest absolute Gasteiger partial charge is 0.379 e. The Bertz CT molecular complexity index is 312. The van der Waals surface area contributed by atoms with Crippen LogP contribution in [0.5, 0.6) is 0 Å². The van der Waals surface area contributed by atoms with Gasteiger partial charge >= 0.3 is 0 Å². The lowest BCUT2D eigenvalue weighted by Gasteiger charge is -2.38. The number of nitrogens with one attached hydrogen (secondary N) is 1. The summed E-state index contributed by atoms with van der Waals surface area (Å²) in [6.45, 7) is 7.14. The molecule has 0 amide bonds. The molecule has 1 saturated carbocycles. The highest BCUT2D eigenvalue weighted by Gasteiger charge is 2.34. The fourth-order valence-corrected chi connectivity index (χ4v) is 4.19. The maximum atomic E-state index is 5.55. The van der Waals surface area contributed by atoms with Crippen LogP contribution in [-0.4, -0.2) is 36.7 Å². The molecule has 3 nitrogen and oxygen atoms in total. The van der Waals surface area contributed by atoms with Gasteiger partial charge in [0.05, 0.1) is 6.10 Å². The van der Waals surface area contributed by atoms with Crippen LogP contribution in [0, 0.1) is 5.41 Å². The van der Waals surface area contributed by atoms with Crippen LogP contribution in [-0.2, 0) is 4.74 Å². The number of nitrogens with zero attached hydrogens (tertiary/aromatic N) is 1. The summed E-state index contributed by atoms with van der Waals surface area (Å²) in [7, 11) is 0. The molecule has 1 heterocycles. The van der Waals surface area contributed by atoms with Crippen LogP contribution < -0.4 is 5.32 Å². The standard InChI is InChI=1S/C16H30N2OS/c1-14(2)19-11-7-6-10-17-15-18-12-16(13-20-15)8-4-3-5-9-16/h14H,3-13H2,1-2H3,(H,17,18). The van der Waals surface area contributed by atoms with E-state index in [1.54, 1.807) is 0 Å². The smallest absolute Gasteiger partial charge is 0.156 e. The molecule has 0 radical (unpaired) electrons. The first-order valence-electron chi connectivity index (χ1n) is 8.23. The number of hydrogen-bond acceptors (Lipinski definition) is 4. The van der Waals surface area contributed by atoms with E-state index in [0.717, 1.165) is 32.5 Å². The van der Waals surface area contributed by atoms with E-state index in [9.17, 15) is 0 Å². The topological polar surface area (TPSA) is 33.6 Å². The molecular weight excluding hydrogens is 268 g/mol. The van der Waals surface area contributed by atoms with E-state index in [1.807, 2.05) is 11.8 Å². The molecule has 1 aliphatic carbocycles. The molecule has 2 rings (SSSR count). The summed E-state index contributed by atoms with van der Waals surface area (Å²) in [5.41, 5.74) is 0.541. The number of rotatable bonds is 6. The molecule has 0 saturated heterocycles. The van der Waals surface area contributed by atoms with Crippen LogP contribution in [0.25, 0.3) is 0 Å². The molecule has 0 atom stereocenters. The first kappa shape index (κ1) is 16.2. The van der Waals surface area contributed by atoms with Crippen molar-refractivity contribution >= 4 is 16.9 Å². The van der Waals surface area contributed by atoms with Gasteiger partial charge in [-0.2, -0.15) is 0 Å². The van der Waals surface area contributed by atoms with E-state index in [-0.39, 0.29) is 0 Å². The lowest BCUT2D eigenvalue weighted by atomic mass is 9.75. The number of unbranched alkanes of at least 4 members (excludes halogenated alkanes) is 1. The fraction of sp³-hybridized carbons (Fsp3) is 0.938. The molecule has 2 aliphatic rings. The third-order valence-electron chi connectivity index (χ3n) is 4.29. The van der Waals surface area contributed by atoms with Crippen molar-refractivity contribution in [3.05, 3.63) is 0 Å². The molecule has 1 fully saturated rings. The Labute approximate surface area is 128 Å². The second-order valence-corrected chi connectivity index (χ2v) is 7.49. The van der Waals surface area contributed by atoms with Crippen molar-refractivity contribution in [2.24, 2.45) is 10.4 Å². The van der Waals surface area contributed by atoms with Crippen LogP contribution in [0.2, 0.25) is 0 Å². The van der Waals surface area contributed by atoms with Gasteiger partial charge in [0.1, 0.15) is 0 Å². The number of amidine groups is 1. The Morgan fingerprint density at radius 3 is 2.70 bits per heavy atom. The van der Waals surface area contributed by atoms with Gasteiger partial charge in [-0.3, -0.25) is 4.99 Å². The van der Waals surface area contributed by atoms with Crippen molar-refractivity contribution < 1.29 is 4.74 Å². The van der Waals surface area contributed by atoms with Crippen molar-refractivity contribution in [3.8, 4) is 0 Å². The van der Waals surface area contributed by atoms with Crippen molar-refractivity contribution in [1.82, 2.24) is 5.32 Å². The molecule has 0 aromatic rings. The lowest BCUT2D eigenvalue weighted by Crippen LogP contribution is -2.37. The molecule has 0 aromatic carbocycles. The molecule has 4 heteroatoms. The predicted molar refractivity (Wildman–Crippen MR) is 88.6 cm³/mol. The highest BCUT2D eigenvalue weighted by atomic mass is 32.2. The van der Waals surface area contributed by atoms with Gasteiger partial charge in [0.2, 0.25) is 0 Å². The molecule has 116 valence electrons. The van der Waals surface area contributed by atoms with Gasteiger partial charge in [-0.25, -0.2) is 0 Å². The summed E-state index contributed by atoms with van der Waals surface area (Å²) in [6, 6.07) is 0. The van der Waals surface area contributed by atoms with E-state index in [2.05, 4.69) is 19.2 Å². The Hall–Kier alpha value is -0.220. The monoisotopic (exact) mass is 298 g/mol. The quantitative estimate of drug-likeness (QED) is 0.757. The second-order valence-electron chi connectivity index (χ2n) is 6.52. The Morgan fingerprint density at radius 1 is 1.25 bits per heavy atom. The highest BCUT2D eigenvalue weighted by molar-refractivity contribution is 8.13. The summed E-state index contributed by atoms with van der Waals surface area (Å²) < 4.78 is 5.55. The molecule has 1 spiro atoms. The number of hydrogen-bond donors (Lipinski definition) is 1. The van der Waals surface area contributed by atoms with Gasteiger partial charge < -0.3 is 10.1 Å². The first-order valence-corrected chi connectivity index (χ1v) is 9.22. The van der Waals surface area contributed by atoms with E-state index in [4.69, 9.17) is 9.73 Å². The minimum atomic E-state index is 0.355. The average Bonchev–Trinajstić information content (AvgIpc) is 2.45. The summed E-state index contributed by atoms with van der Waals surface area (Å²) >= 11 is 1.94. The molecule has 0 aromatic heterocycles. The van der Waals surface area contributed by atoms with Gasteiger partial charge in [0.15, 0.2) is 5.17 Å². The van der Waals surface area contributed by atoms with Gasteiger partial charge in [-0.05, 0) is 44.9 Å². The number of thioether (sulfide) groups is 1. The summed E-state index contributed by atoms with van der Waals surface area (Å²) in [6.07, 6.45) is 9.69. The molecule has 0 unspecified atom stereocenters. The SMILES string of the molecule is CC(C)OCCCCNC1=NCC2(CCCCC2)CS1. The zero-order chi connectivity index (χ0) is 14.3. The number of ether oxygens (including phenoxy) is 1. The summed E-state index contributed by atoms with van der Waals surface area (Å²) in [4.78, 5) is 4.79. The Morgan fingerprint density at radius 2 is 2.05 bits per heavy atom. The van der Waals surface area contributed by atoms with Crippen molar-refractivity contribution in [2.75, 3.05) is 25.4 Å². The Kier molecular flexibility index (Phi) is 6.69. The number of aliphatic imine (C=N–C) groups is 1. The maximum absolute atomic E-state index is 5.55. The molecule has 0 bridgehead atoms. The van der Waals surface area contributed by atoms with Gasteiger partial charge in [0, 0.05) is 25.4 Å². The van der Waals surface area contributed by atoms with Gasteiger partial charge in [-0.1, -0.05) is 31.0 Å². The van der Waals surface area contributed by atoms with Crippen LogP contribution >= 0.6 is 11.8 Å². The predicted octanol–water partition coefficient (Wildman–Crippen LogP) is 3.83. The van der Waals surface area contributed by atoms with Gasteiger partial charge in [0.25, 0.3) is 0 Å². The van der Waals surface area contributed by atoms with Crippen LogP contribution in [0.1, 0.15) is 58.8 Å². The van der Waals surface area contributed by atoms with E-state index in [0.29, 0.717) is 11.5 Å². The second kappa shape index (κ2) is 8.28. The van der Waals surface area contributed by atoms with E-state index < -0.39 is 0 Å². The van der Waals surface area contributed by atoms with Crippen LogP contribution in [0.15, 0.2) is 4.99 Å². The molecule has 1 aliphatic heterocycles. The van der Waals surface area contributed by atoms with Crippen LogP contribution in [0.4, 0.5) is 0 Å². The van der Waals surface area contributed by atoms with Crippen molar-refractivity contribution in [3.63, 3.8) is 0 Å². The Balaban J connectivity index is 1.58. The minimum Gasteiger partial charge on any atom is -0.379 e. The van der Waals surface area contributed by atoms with E-state index >= 15 is 0 Å². The zero-order valence-corrected chi connectivity index (χ0v) is 13.9. The molecule has 20 heavy (non-hydrogen) atoms. The van der Waals surface area contributed by atoms with Gasteiger partial charge in [-0.15, -0.1) is 0 Å². The van der Waals surface area contributed by atoms with Crippen LogP contribution in [0.3, 0.4) is 0 Å². The molecule has 1 N–H and O–H groups in total. The highest BCUT2D eigenvalue weighted by Crippen LogP contribution is 2.41.